The first-order valence-electron chi connectivity index (χ1n) is 10.4. The molecule has 0 aliphatic rings. The Morgan fingerprint density at radius 2 is 1.50 bits per heavy atom. The van der Waals surface area contributed by atoms with Gasteiger partial charge >= 0.3 is 5.97 Å². The molecular formula is C21H33N5O5S. The average molecular weight is 468 g/mol. The smallest absolute Gasteiger partial charge is 0.326 e. The van der Waals surface area contributed by atoms with Gasteiger partial charge in [0.15, 0.2) is 0 Å². The van der Waals surface area contributed by atoms with E-state index in [1.807, 2.05) is 6.07 Å². The van der Waals surface area contributed by atoms with Crippen LogP contribution in [0.3, 0.4) is 0 Å². The lowest BCUT2D eigenvalue weighted by molar-refractivity contribution is -0.142. The third-order valence-electron chi connectivity index (χ3n) is 4.71. The molecular weight excluding hydrogens is 434 g/mol. The molecule has 0 aromatic heterocycles. The standard InChI is InChI=1S/C21H33N5O5S/c1-13(23)18(27)26-17(12-32)20(29)25-16(11-14-7-3-2-4-8-14)19(28)24-15(21(30)31)9-5-6-10-22/h2-4,7-8,13,15-17,32H,5-6,9-12,22-23H2,1H3,(H,24,28)(H,25,29)(H,26,27)(H,30,31). The molecule has 0 aliphatic carbocycles. The monoisotopic (exact) mass is 467 g/mol. The minimum Gasteiger partial charge on any atom is -0.480 e. The maximum Gasteiger partial charge on any atom is 0.326 e. The second-order valence-electron chi connectivity index (χ2n) is 7.47. The van der Waals surface area contributed by atoms with E-state index in [1.54, 1.807) is 24.3 Å². The number of hydrogen-bond donors (Lipinski definition) is 7. The molecule has 0 fully saturated rings. The highest BCUT2D eigenvalue weighted by atomic mass is 32.1. The lowest BCUT2D eigenvalue weighted by atomic mass is 10.0. The Morgan fingerprint density at radius 1 is 0.938 bits per heavy atom. The minimum absolute atomic E-state index is 0.0131. The number of hydrogen-bond acceptors (Lipinski definition) is 7. The summed E-state index contributed by atoms with van der Waals surface area (Å²) in [5, 5.41) is 17.0. The molecule has 1 aromatic rings. The fourth-order valence-corrected chi connectivity index (χ4v) is 3.11. The van der Waals surface area contributed by atoms with Crippen molar-refractivity contribution < 1.29 is 24.3 Å². The average Bonchev–Trinajstić information content (AvgIpc) is 2.76. The van der Waals surface area contributed by atoms with Crippen LogP contribution in [0.4, 0.5) is 0 Å². The topological polar surface area (TPSA) is 177 Å². The summed E-state index contributed by atoms with van der Waals surface area (Å²) in [5.41, 5.74) is 11.7. The predicted octanol–water partition coefficient (Wildman–Crippen LogP) is -0.826. The number of nitrogens with one attached hydrogen (secondary N) is 3. The fourth-order valence-electron chi connectivity index (χ4n) is 2.85. The molecule has 11 heteroatoms. The molecule has 3 amide bonds. The van der Waals surface area contributed by atoms with Crippen molar-refractivity contribution in [2.45, 2.75) is 56.8 Å². The second-order valence-corrected chi connectivity index (χ2v) is 7.83. The molecule has 0 saturated heterocycles. The minimum atomic E-state index is -1.17. The SMILES string of the molecule is CC(N)C(=O)NC(CS)C(=O)NC(Cc1ccccc1)C(=O)NC(CCCCN)C(=O)O. The van der Waals surface area contributed by atoms with Crippen LogP contribution in [0.5, 0.6) is 0 Å². The molecule has 10 nitrogen and oxygen atoms in total. The van der Waals surface area contributed by atoms with Crippen molar-refractivity contribution in [3.63, 3.8) is 0 Å². The van der Waals surface area contributed by atoms with E-state index in [4.69, 9.17) is 11.5 Å². The first-order valence-corrected chi connectivity index (χ1v) is 11.1. The second kappa shape index (κ2) is 14.4. The Labute approximate surface area is 193 Å². The summed E-state index contributed by atoms with van der Waals surface area (Å²) in [5.74, 6) is -2.98. The van der Waals surface area contributed by atoms with Crippen molar-refractivity contribution >= 4 is 36.3 Å². The third kappa shape index (κ3) is 9.67. The number of amides is 3. The van der Waals surface area contributed by atoms with Gasteiger partial charge in [0.2, 0.25) is 17.7 Å². The highest BCUT2D eigenvalue weighted by molar-refractivity contribution is 7.80. The summed E-state index contributed by atoms with van der Waals surface area (Å²) in [7, 11) is 0. The van der Waals surface area contributed by atoms with Crippen molar-refractivity contribution in [3.05, 3.63) is 35.9 Å². The fraction of sp³-hybridized carbons (Fsp3) is 0.524. The zero-order valence-electron chi connectivity index (χ0n) is 18.1. The molecule has 0 bridgehead atoms. The molecule has 32 heavy (non-hydrogen) atoms. The van der Waals surface area contributed by atoms with Crippen LogP contribution in [0.1, 0.15) is 31.7 Å². The van der Waals surface area contributed by atoms with E-state index in [9.17, 15) is 24.3 Å². The summed E-state index contributed by atoms with van der Waals surface area (Å²) in [6, 6.07) is 4.97. The quantitative estimate of drug-likeness (QED) is 0.138. The zero-order valence-corrected chi connectivity index (χ0v) is 19.0. The van der Waals surface area contributed by atoms with E-state index >= 15 is 0 Å². The summed E-state index contributed by atoms with van der Waals surface area (Å²) in [6.07, 6.45) is 1.52. The maximum atomic E-state index is 12.9. The molecule has 1 rings (SSSR count). The first kappa shape index (κ1) is 27.4. The Kier molecular flexibility index (Phi) is 12.4. The molecule has 0 spiro atoms. The van der Waals surface area contributed by atoms with E-state index in [-0.39, 0.29) is 18.6 Å². The van der Waals surface area contributed by atoms with Gasteiger partial charge in [-0.15, -0.1) is 0 Å². The molecule has 0 saturated carbocycles. The van der Waals surface area contributed by atoms with Gasteiger partial charge in [-0.05, 0) is 38.3 Å². The summed E-state index contributed by atoms with van der Waals surface area (Å²) in [6.45, 7) is 1.90. The lowest BCUT2D eigenvalue weighted by Gasteiger charge is -2.24. The van der Waals surface area contributed by atoms with Crippen LogP contribution in [-0.4, -0.2) is 65.3 Å². The van der Waals surface area contributed by atoms with Crippen molar-refractivity contribution in [2.24, 2.45) is 11.5 Å². The van der Waals surface area contributed by atoms with Gasteiger partial charge in [-0.1, -0.05) is 30.3 Å². The molecule has 0 radical (unpaired) electrons. The lowest BCUT2D eigenvalue weighted by Crippen LogP contribution is -2.58. The molecule has 8 N–H and O–H groups in total. The van der Waals surface area contributed by atoms with Gasteiger partial charge in [0, 0.05) is 12.2 Å². The van der Waals surface area contributed by atoms with E-state index in [2.05, 4.69) is 28.6 Å². The van der Waals surface area contributed by atoms with Crippen LogP contribution in [0, 0.1) is 0 Å². The van der Waals surface area contributed by atoms with E-state index in [0.717, 1.165) is 5.56 Å². The number of nitrogens with two attached hydrogens (primary N) is 2. The van der Waals surface area contributed by atoms with Gasteiger partial charge in [0.05, 0.1) is 6.04 Å². The number of carbonyl (C=O) groups excluding carboxylic acids is 3. The molecule has 4 unspecified atom stereocenters. The Balaban J connectivity index is 2.97. The van der Waals surface area contributed by atoms with Gasteiger partial charge < -0.3 is 32.5 Å². The zero-order chi connectivity index (χ0) is 24.1. The van der Waals surface area contributed by atoms with E-state index in [1.165, 1.54) is 6.92 Å². The first-order chi connectivity index (χ1) is 15.2. The Hall–Kier alpha value is -2.63. The number of unbranched alkanes of at least 4 members (excludes halogenated alkanes) is 1. The maximum absolute atomic E-state index is 12.9. The highest BCUT2D eigenvalue weighted by Gasteiger charge is 2.29. The number of benzene rings is 1. The van der Waals surface area contributed by atoms with Crippen LogP contribution in [-0.2, 0) is 25.6 Å². The van der Waals surface area contributed by atoms with Gasteiger partial charge in [-0.2, -0.15) is 12.6 Å². The molecule has 4 atom stereocenters. The molecule has 0 aliphatic heterocycles. The third-order valence-corrected chi connectivity index (χ3v) is 5.07. The molecule has 0 heterocycles. The number of carboxylic acid groups (broad SMARTS) is 1. The largest absolute Gasteiger partial charge is 0.480 e. The van der Waals surface area contributed by atoms with Gasteiger partial charge in [-0.3, -0.25) is 14.4 Å². The summed E-state index contributed by atoms with van der Waals surface area (Å²) < 4.78 is 0. The van der Waals surface area contributed by atoms with E-state index < -0.39 is 47.9 Å². The predicted molar refractivity (Wildman–Crippen MR) is 124 cm³/mol. The van der Waals surface area contributed by atoms with Crippen molar-refractivity contribution in [3.8, 4) is 0 Å². The highest BCUT2D eigenvalue weighted by Crippen LogP contribution is 2.07. The van der Waals surface area contributed by atoms with Crippen molar-refractivity contribution in [1.82, 2.24) is 16.0 Å². The number of rotatable bonds is 14. The Bertz CT molecular complexity index is 762. The summed E-state index contributed by atoms with van der Waals surface area (Å²) >= 11 is 4.10. The van der Waals surface area contributed by atoms with Crippen molar-refractivity contribution in [1.29, 1.82) is 0 Å². The van der Waals surface area contributed by atoms with Crippen molar-refractivity contribution in [2.75, 3.05) is 12.3 Å². The van der Waals surface area contributed by atoms with Gasteiger partial charge in [0.25, 0.3) is 0 Å². The van der Waals surface area contributed by atoms with Crippen LogP contribution < -0.4 is 27.4 Å². The van der Waals surface area contributed by atoms with Crippen LogP contribution >= 0.6 is 12.6 Å². The normalized spacial score (nSPS) is 14.5. The van der Waals surface area contributed by atoms with Crippen LogP contribution in [0.25, 0.3) is 0 Å². The number of carboxylic acids is 1. The van der Waals surface area contributed by atoms with Crippen LogP contribution in [0.15, 0.2) is 30.3 Å². The summed E-state index contributed by atoms with van der Waals surface area (Å²) in [4.78, 5) is 49.1. The molecule has 178 valence electrons. The number of carbonyl (C=O) groups is 4. The van der Waals surface area contributed by atoms with Gasteiger partial charge in [-0.25, -0.2) is 4.79 Å². The van der Waals surface area contributed by atoms with Gasteiger partial charge in [0.1, 0.15) is 18.1 Å². The molecule has 1 aromatic carbocycles. The number of aliphatic carboxylic acids is 1. The number of thiol groups is 1. The van der Waals surface area contributed by atoms with E-state index in [0.29, 0.717) is 19.4 Å². The Morgan fingerprint density at radius 3 is 2.03 bits per heavy atom. The van der Waals surface area contributed by atoms with Crippen LogP contribution in [0.2, 0.25) is 0 Å².